The first kappa shape index (κ1) is 38.2. The van der Waals surface area contributed by atoms with E-state index in [0.29, 0.717) is 26.1 Å². The topological polar surface area (TPSA) is 178 Å². The van der Waals surface area contributed by atoms with Crippen LogP contribution in [0.2, 0.25) is 0 Å². The third kappa shape index (κ3) is 27.0. The lowest BCUT2D eigenvalue weighted by Crippen LogP contribution is -2.43. The number of unbranched alkanes of at least 4 members (excludes halogenated alkanes) is 5. The van der Waals surface area contributed by atoms with E-state index in [-0.39, 0.29) is 55.6 Å². The smallest absolute Gasteiger partial charge is 0.250 e. The molecule has 0 aliphatic rings. The molecule has 1 atom stereocenters. The molecule has 0 aliphatic heterocycles. The first-order valence-electron chi connectivity index (χ1n) is 10.7. The number of aliphatic hydroxyl groups is 1. The Labute approximate surface area is 210 Å². The van der Waals surface area contributed by atoms with Crippen molar-refractivity contribution in [3.8, 4) is 0 Å². The Morgan fingerprint density at radius 1 is 0.781 bits per heavy atom. The highest BCUT2D eigenvalue weighted by molar-refractivity contribution is 5.86. The minimum atomic E-state index is -1.23. The maximum atomic E-state index is 11.8. The second-order valence-electron chi connectivity index (χ2n) is 7.07. The minimum Gasteiger partial charge on any atom is -0.381 e. The zero-order valence-corrected chi connectivity index (χ0v) is 21.3. The molecule has 194 valence electrons. The van der Waals surface area contributed by atoms with Gasteiger partial charge in [0.25, 0.3) is 5.91 Å². The summed E-state index contributed by atoms with van der Waals surface area (Å²) in [7, 11) is 0. The molecule has 0 radical (unpaired) electrons. The number of amides is 2. The van der Waals surface area contributed by atoms with E-state index in [0.717, 1.165) is 64.5 Å². The van der Waals surface area contributed by atoms with Crippen molar-refractivity contribution >= 4 is 55.0 Å². The van der Waals surface area contributed by atoms with Crippen LogP contribution >= 0.6 is 37.2 Å². The van der Waals surface area contributed by atoms with E-state index in [1.807, 2.05) is 0 Å². The fraction of sp³-hybridized carbons (Fsp3) is 0.842. The summed E-state index contributed by atoms with van der Waals surface area (Å²) in [5.41, 5.74) is 10.6. The van der Waals surface area contributed by atoms with E-state index in [2.05, 4.69) is 21.3 Å². The second kappa shape index (κ2) is 28.0. The van der Waals surface area contributed by atoms with Gasteiger partial charge in [-0.05, 0) is 51.7 Å². The number of carbonyl (C=O) groups is 2. The van der Waals surface area contributed by atoms with Crippen molar-refractivity contribution in [1.29, 1.82) is 5.41 Å². The van der Waals surface area contributed by atoms with Crippen molar-refractivity contribution in [1.82, 2.24) is 21.3 Å². The lowest BCUT2D eigenvalue weighted by atomic mass is 10.1. The van der Waals surface area contributed by atoms with Gasteiger partial charge in [0.05, 0.1) is 6.54 Å². The molecule has 0 bridgehead atoms. The van der Waals surface area contributed by atoms with Gasteiger partial charge in [0.1, 0.15) is 6.10 Å². The van der Waals surface area contributed by atoms with Gasteiger partial charge in [0.15, 0.2) is 5.96 Å². The number of nitrogens with one attached hydrogen (secondary N) is 5. The van der Waals surface area contributed by atoms with Crippen LogP contribution in [0.4, 0.5) is 0 Å². The summed E-state index contributed by atoms with van der Waals surface area (Å²) in [5, 5.41) is 28.1. The molecule has 10 nitrogen and oxygen atoms in total. The fourth-order valence-electron chi connectivity index (χ4n) is 2.61. The Kier molecular flexibility index (Phi) is 33.4. The molecule has 0 heterocycles. The van der Waals surface area contributed by atoms with Crippen molar-refractivity contribution in [2.45, 2.75) is 63.9 Å². The number of halogens is 3. The van der Waals surface area contributed by atoms with Crippen LogP contribution in [0.3, 0.4) is 0 Å². The number of hydrogen-bond acceptors (Lipinski definition) is 6. The summed E-state index contributed by atoms with van der Waals surface area (Å²) >= 11 is 0. The summed E-state index contributed by atoms with van der Waals surface area (Å²) in [6, 6.07) is 0. The molecular weight excluding hydrogens is 481 g/mol. The van der Waals surface area contributed by atoms with Crippen molar-refractivity contribution in [3.05, 3.63) is 0 Å². The van der Waals surface area contributed by atoms with E-state index in [4.69, 9.17) is 16.9 Å². The predicted octanol–water partition coefficient (Wildman–Crippen LogP) is 0.387. The van der Waals surface area contributed by atoms with Gasteiger partial charge < -0.3 is 37.8 Å². The van der Waals surface area contributed by atoms with Gasteiger partial charge in [-0.15, -0.1) is 37.2 Å². The number of aliphatic hydroxyl groups excluding tert-OH is 1. The van der Waals surface area contributed by atoms with Crippen LogP contribution in [0, 0.1) is 5.41 Å². The normalized spacial score (nSPS) is 10.6. The number of carbonyl (C=O) groups excluding carboxylic acids is 2. The molecule has 13 heteroatoms. The van der Waals surface area contributed by atoms with E-state index >= 15 is 0 Å². The highest BCUT2D eigenvalue weighted by Gasteiger charge is 2.15. The summed E-state index contributed by atoms with van der Waals surface area (Å²) in [4.78, 5) is 23.6. The monoisotopic (exact) mass is 523 g/mol. The molecule has 2 amide bonds. The SMILES string of the molecule is Cl.Cl.Cl.N=C(N)NCCCCCCCC(=O)NCC(O)C(=O)NCCCCNCCCN. The van der Waals surface area contributed by atoms with Gasteiger partial charge in [0, 0.05) is 19.5 Å². The van der Waals surface area contributed by atoms with Crippen molar-refractivity contribution in [2.24, 2.45) is 11.5 Å². The first-order valence-corrected chi connectivity index (χ1v) is 10.7. The zero-order chi connectivity index (χ0) is 21.7. The highest BCUT2D eigenvalue weighted by atomic mass is 35.5. The lowest BCUT2D eigenvalue weighted by molar-refractivity contribution is -0.129. The molecule has 0 aromatic heterocycles. The molecule has 0 spiro atoms. The standard InChI is InChI=1S/C19H41N7O3.3ClH/c20-10-8-12-23-11-6-7-13-24-18(29)16(27)15-26-17(28)9-4-2-1-3-5-14-25-19(21)22;;;/h16,23,27H,1-15,20H2,(H,24,29)(H,26,28)(H4,21,22,25);3*1H. The van der Waals surface area contributed by atoms with E-state index in [1.54, 1.807) is 0 Å². The first-order chi connectivity index (χ1) is 14.0. The van der Waals surface area contributed by atoms with E-state index in [1.165, 1.54) is 0 Å². The number of nitrogens with two attached hydrogens (primary N) is 2. The Morgan fingerprint density at radius 2 is 1.31 bits per heavy atom. The molecule has 1 unspecified atom stereocenters. The van der Waals surface area contributed by atoms with Crippen LogP contribution in [0.25, 0.3) is 0 Å². The largest absolute Gasteiger partial charge is 0.381 e. The fourth-order valence-corrected chi connectivity index (χ4v) is 2.61. The van der Waals surface area contributed by atoms with Gasteiger partial charge in [0.2, 0.25) is 5.91 Å². The highest BCUT2D eigenvalue weighted by Crippen LogP contribution is 2.04. The molecule has 0 rings (SSSR count). The number of guanidine groups is 1. The predicted molar refractivity (Wildman–Crippen MR) is 137 cm³/mol. The average molecular weight is 525 g/mol. The molecule has 0 saturated heterocycles. The van der Waals surface area contributed by atoms with Crippen LogP contribution in [0.15, 0.2) is 0 Å². The number of hydrogen-bond donors (Lipinski definition) is 8. The molecule has 0 aromatic carbocycles. The Bertz CT molecular complexity index is 464. The van der Waals surface area contributed by atoms with Crippen molar-refractivity contribution in [3.63, 3.8) is 0 Å². The maximum absolute atomic E-state index is 11.8. The minimum absolute atomic E-state index is 0. The molecule has 32 heavy (non-hydrogen) atoms. The summed E-state index contributed by atoms with van der Waals surface area (Å²) in [6.07, 6.45) is 6.56. The third-order valence-corrected chi connectivity index (χ3v) is 4.33. The van der Waals surface area contributed by atoms with Gasteiger partial charge >= 0.3 is 0 Å². The van der Waals surface area contributed by atoms with Gasteiger partial charge in [-0.1, -0.05) is 19.3 Å². The molecule has 0 fully saturated rings. The Morgan fingerprint density at radius 3 is 1.97 bits per heavy atom. The molecule has 0 aliphatic carbocycles. The number of rotatable bonds is 19. The van der Waals surface area contributed by atoms with E-state index in [9.17, 15) is 14.7 Å². The third-order valence-electron chi connectivity index (χ3n) is 4.33. The maximum Gasteiger partial charge on any atom is 0.250 e. The molecule has 0 aromatic rings. The quantitative estimate of drug-likeness (QED) is 0.0683. The van der Waals surface area contributed by atoms with Crippen molar-refractivity contribution < 1.29 is 14.7 Å². The molecule has 0 saturated carbocycles. The van der Waals surface area contributed by atoms with Crippen LogP contribution in [-0.2, 0) is 9.59 Å². The Hall–Kier alpha value is -1.04. The van der Waals surface area contributed by atoms with Gasteiger partial charge in [-0.25, -0.2) is 0 Å². The average Bonchev–Trinajstić information content (AvgIpc) is 2.69. The zero-order valence-electron chi connectivity index (χ0n) is 18.8. The van der Waals surface area contributed by atoms with Crippen LogP contribution in [-0.4, -0.2) is 68.3 Å². The summed E-state index contributed by atoms with van der Waals surface area (Å²) < 4.78 is 0. The Balaban J connectivity index is -0.00000131. The van der Waals surface area contributed by atoms with Crippen molar-refractivity contribution in [2.75, 3.05) is 39.3 Å². The van der Waals surface area contributed by atoms with Crippen LogP contribution in [0.5, 0.6) is 0 Å². The lowest BCUT2D eigenvalue weighted by Gasteiger charge is -2.12. The van der Waals surface area contributed by atoms with Crippen LogP contribution in [0.1, 0.15) is 57.8 Å². The second-order valence-corrected chi connectivity index (χ2v) is 7.07. The van der Waals surface area contributed by atoms with Crippen LogP contribution < -0.4 is 32.7 Å². The summed E-state index contributed by atoms with van der Waals surface area (Å²) in [5.74, 6) is -0.622. The van der Waals surface area contributed by atoms with E-state index < -0.39 is 12.0 Å². The van der Waals surface area contributed by atoms with Gasteiger partial charge in [-0.2, -0.15) is 0 Å². The van der Waals surface area contributed by atoms with Gasteiger partial charge in [-0.3, -0.25) is 15.0 Å². The molecule has 10 N–H and O–H groups in total. The summed E-state index contributed by atoms with van der Waals surface area (Å²) in [6.45, 7) is 3.59. The molecular formula is C19H44Cl3N7O3.